The van der Waals surface area contributed by atoms with E-state index in [0.717, 1.165) is 109 Å². The average molecular weight is 799 g/mol. The Labute approximate surface area is 355 Å². The second-order valence-electron chi connectivity index (χ2n) is 14.4. The molecule has 0 aliphatic rings. The number of rotatable bonds is 39. The van der Waals surface area contributed by atoms with Crippen LogP contribution in [0, 0.1) is 0 Å². The number of esters is 2. The van der Waals surface area contributed by atoms with Crippen LogP contribution < -0.4 is 0 Å². The van der Waals surface area contributed by atoms with E-state index in [-0.39, 0.29) is 31.6 Å². The van der Waals surface area contributed by atoms with Gasteiger partial charge in [0.15, 0.2) is 6.10 Å². The second kappa shape index (κ2) is 47.4. The number of ether oxygens (including phenoxy) is 2. The number of hydrogen-bond acceptors (Lipinski definition) is 5. The van der Waals surface area contributed by atoms with Crippen LogP contribution in [0.4, 0.5) is 0 Å². The van der Waals surface area contributed by atoms with Crippen LogP contribution in [-0.2, 0) is 19.1 Å². The van der Waals surface area contributed by atoms with Gasteiger partial charge in [-0.3, -0.25) is 9.59 Å². The van der Waals surface area contributed by atoms with Gasteiger partial charge in [-0.05, 0) is 109 Å². The van der Waals surface area contributed by atoms with Gasteiger partial charge >= 0.3 is 11.9 Å². The van der Waals surface area contributed by atoms with Crippen molar-refractivity contribution < 1.29 is 24.2 Å². The molecule has 0 aromatic carbocycles. The normalized spacial score (nSPS) is 13.5. The van der Waals surface area contributed by atoms with Crippen molar-refractivity contribution in [2.75, 3.05) is 13.2 Å². The summed E-state index contributed by atoms with van der Waals surface area (Å²) >= 11 is 0. The van der Waals surface area contributed by atoms with Crippen molar-refractivity contribution in [3.05, 3.63) is 134 Å². The number of unbranched alkanes of at least 4 members (excludes halogenated alkanes) is 9. The molecule has 0 saturated heterocycles. The van der Waals surface area contributed by atoms with Gasteiger partial charge in [-0.15, -0.1) is 0 Å². The van der Waals surface area contributed by atoms with Gasteiger partial charge in [0.2, 0.25) is 0 Å². The zero-order valence-electron chi connectivity index (χ0n) is 36.7. The lowest BCUT2D eigenvalue weighted by Crippen LogP contribution is -2.28. The first-order chi connectivity index (χ1) is 28.6. The van der Waals surface area contributed by atoms with Crippen LogP contribution in [-0.4, -0.2) is 36.4 Å². The maximum Gasteiger partial charge on any atom is 0.306 e. The van der Waals surface area contributed by atoms with Crippen molar-refractivity contribution in [3.63, 3.8) is 0 Å². The topological polar surface area (TPSA) is 72.8 Å². The van der Waals surface area contributed by atoms with Gasteiger partial charge in [0.05, 0.1) is 6.61 Å². The monoisotopic (exact) mass is 799 g/mol. The van der Waals surface area contributed by atoms with E-state index < -0.39 is 6.10 Å². The molecular weight excluding hydrogens is 717 g/mol. The SMILES string of the molecule is CC/C=C\C/C=C\C/C=C\C/C=C\C/C=C\C/C=C\C/C=C\C/C=C\CCCCC(=O)OC(CO)COC(=O)CCCCCCCCC/C=C\C/C=C\C/C=C\CC. The Morgan fingerprint density at radius 1 is 0.397 bits per heavy atom. The third kappa shape index (κ3) is 44.8. The van der Waals surface area contributed by atoms with Gasteiger partial charge in [-0.2, -0.15) is 0 Å². The largest absolute Gasteiger partial charge is 0.462 e. The first-order valence-corrected chi connectivity index (χ1v) is 22.7. The van der Waals surface area contributed by atoms with E-state index in [2.05, 4.69) is 148 Å². The molecule has 0 aromatic rings. The van der Waals surface area contributed by atoms with E-state index in [0.29, 0.717) is 12.8 Å². The molecule has 1 unspecified atom stereocenters. The average Bonchev–Trinajstić information content (AvgIpc) is 3.23. The fraction of sp³-hybridized carbons (Fsp3) is 0.547. The lowest BCUT2D eigenvalue weighted by Gasteiger charge is -2.15. The van der Waals surface area contributed by atoms with Crippen molar-refractivity contribution in [3.8, 4) is 0 Å². The smallest absolute Gasteiger partial charge is 0.306 e. The fourth-order valence-electron chi connectivity index (χ4n) is 5.58. The highest BCUT2D eigenvalue weighted by atomic mass is 16.6. The standard InChI is InChI=1S/C53H82O5/c1-3-5-7-9-11-13-15-17-19-21-22-23-24-25-26-27-28-29-30-32-34-36-38-40-42-44-46-48-53(56)58-51(49-54)50-57-52(55)47-45-43-41-39-37-35-33-31-20-18-16-14-12-10-8-6-4-2/h5-8,11-14,17-20,22-23,25-26,28-29,32,34,38,40,51,54H,3-4,9-10,15-16,21,24,27,30-31,33,35-37,39,41-50H2,1-2H3/b7-5-,8-6-,13-11-,14-12-,19-17-,20-18-,23-22-,26-25-,29-28-,34-32-,40-38-. The number of carbonyl (C=O) groups is 2. The summed E-state index contributed by atoms with van der Waals surface area (Å²) in [6, 6.07) is 0. The predicted molar refractivity (Wildman–Crippen MR) is 251 cm³/mol. The molecule has 0 amide bonds. The molecule has 324 valence electrons. The zero-order chi connectivity index (χ0) is 42.1. The molecular formula is C53H82O5. The number of carbonyl (C=O) groups excluding carboxylic acids is 2. The molecule has 5 heteroatoms. The quantitative estimate of drug-likeness (QED) is 0.0381. The van der Waals surface area contributed by atoms with Crippen molar-refractivity contribution in [1.82, 2.24) is 0 Å². The Morgan fingerprint density at radius 2 is 0.690 bits per heavy atom. The summed E-state index contributed by atoms with van der Waals surface area (Å²) in [5.74, 6) is -0.667. The molecule has 0 aliphatic carbocycles. The minimum absolute atomic E-state index is 0.0988. The second-order valence-corrected chi connectivity index (χ2v) is 14.4. The molecule has 58 heavy (non-hydrogen) atoms. The third-order valence-electron chi connectivity index (χ3n) is 8.94. The van der Waals surface area contributed by atoms with E-state index in [4.69, 9.17) is 9.47 Å². The summed E-state index contributed by atoms with van der Waals surface area (Å²) in [6.45, 7) is 3.85. The molecule has 0 saturated carbocycles. The van der Waals surface area contributed by atoms with Gasteiger partial charge in [0.25, 0.3) is 0 Å². The summed E-state index contributed by atoms with van der Waals surface area (Å²) in [5, 5.41) is 9.59. The number of allylic oxidation sites excluding steroid dienone is 22. The van der Waals surface area contributed by atoms with Crippen LogP contribution >= 0.6 is 0 Å². The fourth-order valence-corrected chi connectivity index (χ4v) is 5.58. The molecule has 1 atom stereocenters. The molecule has 0 radical (unpaired) electrons. The first-order valence-electron chi connectivity index (χ1n) is 22.7. The van der Waals surface area contributed by atoms with Gasteiger partial charge in [0, 0.05) is 12.8 Å². The lowest BCUT2D eigenvalue weighted by molar-refractivity contribution is -0.161. The minimum Gasteiger partial charge on any atom is -0.462 e. The molecule has 0 heterocycles. The Morgan fingerprint density at radius 3 is 1.07 bits per heavy atom. The Balaban J connectivity index is 3.72. The molecule has 0 aromatic heterocycles. The summed E-state index contributed by atoms with van der Waals surface area (Å²) in [7, 11) is 0. The third-order valence-corrected chi connectivity index (χ3v) is 8.94. The van der Waals surface area contributed by atoms with E-state index in [9.17, 15) is 14.7 Å². The van der Waals surface area contributed by atoms with E-state index in [1.54, 1.807) is 0 Å². The molecule has 1 N–H and O–H groups in total. The minimum atomic E-state index is -0.810. The Bertz CT molecular complexity index is 1270. The van der Waals surface area contributed by atoms with Crippen LogP contribution in [0.5, 0.6) is 0 Å². The highest BCUT2D eigenvalue weighted by Crippen LogP contribution is 2.11. The maximum atomic E-state index is 12.2. The summed E-state index contributed by atoms with van der Waals surface area (Å²) in [4.78, 5) is 24.4. The van der Waals surface area contributed by atoms with E-state index in [1.807, 2.05) is 0 Å². The molecule has 0 rings (SSSR count). The highest BCUT2D eigenvalue weighted by molar-refractivity contribution is 5.70. The molecule has 0 aliphatic heterocycles. The zero-order valence-corrected chi connectivity index (χ0v) is 36.7. The van der Waals surface area contributed by atoms with Gasteiger partial charge in [-0.25, -0.2) is 0 Å². The molecule has 0 bridgehead atoms. The summed E-state index contributed by atoms with van der Waals surface area (Å²) in [5.41, 5.74) is 0. The number of hydrogen-bond donors (Lipinski definition) is 1. The molecule has 5 nitrogen and oxygen atoms in total. The van der Waals surface area contributed by atoms with Gasteiger partial charge in [-0.1, -0.05) is 180 Å². The van der Waals surface area contributed by atoms with Crippen molar-refractivity contribution in [2.45, 2.75) is 174 Å². The van der Waals surface area contributed by atoms with E-state index in [1.165, 1.54) is 25.7 Å². The Hall–Kier alpha value is -3.96. The van der Waals surface area contributed by atoms with Crippen LogP contribution in [0.1, 0.15) is 168 Å². The molecule has 0 spiro atoms. The van der Waals surface area contributed by atoms with Crippen molar-refractivity contribution in [1.29, 1.82) is 0 Å². The number of aliphatic hydroxyl groups is 1. The lowest BCUT2D eigenvalue weighted by atomic mass is 10.1. The van der Waals surface area contributed by atoms with Crippen LogP contribution in [0.15, 0.2) is 134 Å². The van der Waals surface area contributed by atoms with Gasteiger partial charge in [0.1, 0.15) is 6.61 Å². The number of aliphatic hydroxyl groups excluding tert-OH is 1. The van der Waals surface area contributed by atoms with Crippen molar-refractivity contribution >= 4 is 11.9 Å². The summed E-state index contributed by atoms with van der Waals surface area (Å²) in [6.07, 6.45) is 70.9. The van der Waals surface area contributed by atoms with E-state index >= 15 is 0 Å². The highest BCUT2D eigenvalue weighted by Gasteiger charge is 2.16. The van der Waals surface area contributed by atoms with Crippen LogP contribution in [0.25, 0.3) is 0 Å². The maximum absolute atomic E-state index is 12.2. The van der Waals surface area contributed by atoms with Gasteiger partial charge < -0.3 is 14.6 Å². The van der Waals surface area contributed by atoms with Crippen LogP contribution in [0.3, 0.4) is 0 Å². The summed E-state index contributed by atoms with van der Waals surface area (Å²) < 4.78 is 10.6. The predicted octanol–water partition coefficient (Wildman–Crippen LogP) is 15.0. The van der Waals surface area contributed by atoms with Crippen molar-refractivity contribution in [2.24, 2.45) is 0 Å². The Kier molecular flexibility index (Phi) is 44.2. The first kappa shape index (κ1) is 54.0. The molecule has 0 fully saturated rings. The van der Waals surface area contributed by atoms with Crippen LogP contribution in [0.2, 0.25) is 0 Å².